The second-order valence-electron chi connectivity index (χ2n) is 3.37. The number of hydrogen-bond donors (Lipinski definition) is 1. The number of nitrogen functional groups attached to an aromatic ring is 1. The molecule has 1 aromatic carbocycles. The lowest BCUT2D eigenvalue weighted by molar-refractivity contribution is 0.457. The number of nitrogens with two attached hydrogens (primary N) is 1. The van der Waals surface area contributed by atoms with Gasteiger partial charge in [0.2, 0.25) is 5.88 Å². The summed E-state index contributed by atoms with van der Waals surface area (Å²) in [5.41, 5.74) is 6.09. The smallest absolute Gasteiger partial charge is 0.244 e. The van der Waals surface area contributed by atoms with Crippen molar-refractivity contribution in [3.05, 3.63) is 46.3 Å². The van der Waals surface area contributed by atoms with E-state index in [-0.39, 0.29) is 22.9 Å². The normalized spacial score (nSPS) is 9.83. The van der Waals surface area contributed by atoms with Crippen LogP contribution < -0.4 is 10.5 Å². The Morgan fingerprint density at radius 3 is 2.89 bits per heavy atom. The van der Waals surface area contributed by atoms with Gasteiger partial charge in [-0.05, 0) is 34.1 Å². The average Bonchev–Trinajstić information content (AvgIpc) is 2.36. The van der Waals surface area contributed by atoms with E-state index in [9.17, 15) is 4.39 Å². The second-order valence-corrected chi connectivity index (χ2v) is 4.22. The van der Waals surface area contributed by atoms with E-state index in [0.29, 0.717) is 4.47 Å². The molecule has 90 valence electrons. The van der Waals surface area contributed by atoms with E-state index >= 15 is 0 Å². The van der Waals surface area contributed by atoms with E-state index in [1.807, 2.05) is 6.07 Å². The summed E-state index contributed by atoms with van der Waals surface area (Å²) < 4.78 is 19.0. The third-order valence-electron chi connectivity index (χ3n) is 2.17. The zero-order chi connectivity index (χ0) is 13.1. The van der Waals surface area contributed by atoms with E-state index in [4.69, 9.17) is 15.7 Å². The molecule has 0 spiro atoms. The Hall–Kier alpha value is -2.13. The van der Waals surface area contributed by atoms with Gasteiger partial charge in [-0.15, -0.1) is 0 Å². The van der Waals surface area contributed by atoms with Gasteiger partial charge in [0.05, 0.1) is 10.0 Å². The van der Waals surface area contributed by atoms with E-state index in [1.54, 1.807) is 0 Å². The maximum absolute atomic E-state index is 13.1. The second kappa shape index (κ2) is 5.02. The first-order valence-electron chi connectivity index (χ1n) is 4.89. The van der Waals surface area contributed by atoms with Crippen LogP contribution in [0.5, 0.6) is 11.6 Å². The van der Waals surface area contributed by atoms with Crippen LogP contribution in [0.4, 0.5) is 10.1 Å². The van der Waals surface area contributed by atoms with Crippen molar-refractivity contribution in [3.63, 3.8) is 0 Å². The van der Waals surface area contributed by atoms with Crippen LogP contribution in [0.2, 0.25) is 0 Å². The molecule has 0 fully saturated rings. The SMILES string of the molecule is N#Cc1ccnc(Oc2cc(F)ccc2Br)c1N. The summed E-state index contributed by atoms with van der Waals surface area (Å²) in [4.78, 5) is 3.91. The fourth-order valence-corrected chi connectivity index (χ4v) is 1.62. The predicted molar refractivity (Wildman–Crippen MR) is 67.5 cm³/mol. The molecule has 0 saturated carbocycles. The third-order valence-corrected chi connectivity index (χ3v) is 2.83. The molecule has 18 heavy (non-hydrogen) atoms. The Labute approximate surface area is 111 Å². The molecule has 6 heteroatoms. The lowest BCUT2D eigenvalue weighted by Crippen LogP contribution is -1.98. The molecule has 0 amide bonds. The Morgan fingerprint density at radius 2 is 2.17 bits per heavy atom. The van der Waals surface area contributed by atoms with Crippen molar-refractivity contribution >= 4 is 21.6 Å². The molecular formula is C12H7BrFN3O. The van der Waals surface area contributed by atoms with Crippen molar-refractivity contribution in [2.45, 2.75) is 0 Å². The predicted octanol–water partition coefficient (Wildman–Crippen LogP) is 3.23. The van der Waals surface area contributed by atoms with Crippen LogP contribution in [0.15, 0.2) is 34.9 Å². The first kappa shape index (κ1) is 12.3. The number of aromatic nitrogens is 1. The third kappa shape index (κ3) is 2.41. The van der Waals surface area contributed by atoms with Crippen LogP contribution in [0.25, 0.3) is 0 Å². The quantitative estimate of drug-likeness (QED) is 0.924. The molecule has 2 aromatic rings. The number of nitriles is 1. The summed E-state index contributed by atoms with van der Waals surface area (Å²) in [7, 11) is 0. The molecular weight excluding hydrogens is 301 g/mol. The molecule has 1 aromatic heterocycles. The fraction of sp³-hybridized carbons (Fsp3) is 0. The number of pyridine rings is 1. The van der Waals surface area contributed by atoms with Gasteiger partial charge in [0, 0.05) is 12.3 Å². The van der Waals surface area contributed by atoms with Gasteiger partial charge in [-0.3, -0.25) is 0 Å². The van der Waals surface area contributed by atoms with Crippen LogP contribution in [0, 0.1) is 17.1 Å². The fourth-order valence-electron chi connectivity index (χ4n) is 1.29. The summed E-state index contributed by atoms with van der Waals surface area (Å²) in [5.74, 6) is -0.132. The highest BCUT2D eigenvalue weighted by Gasteiger charge is 2.11. The van der Waals surface area contributed by atoms with Gasteiger partial charge in [-0.25, -0.2) is 9.37 Å². The van der Waals surface area contributed by atoms with Gasteiger partial charge >= 0.3 is 0 Å². The van der Waals surface area contributed by atoms with Gasteiger partial charge in [0.25, 0.3) is 0 Å². The molecule has 0 aliphatic rings. The van der Waals surface area contributed by atoms with Crippen molar-refractivity contribution < 1.29 is 9.13 Å². The molecule has 0 saturated heterocycles. The van der Waals surface area contributed by atoms with Crippen molar-refractivity contribution in [3.8, 4) is 17.7 Å². The Balaban J connectivity index is 2.41. The van der Waals surface area contributed by atoms with Crippen LogP contribution >= 0.6 is 15.9 Å². The molecule has 0 atom stereocenters. The van der Waals surface area contributed by atoms with Crippen molar-refractivity contribution in [1.82, 2.24) is 4.98 Å². The monoisotopic (exact) mass is 307 g/mol. The van der Waals surface area contributed by atoms with Crippen LogP contribution in [-0.2, 0) is 0 Å². The number of halogens is 2. The summed E-state index contributed by atoms with van der Waals surface area (Å²) in [6, 6.07) is 7.39. The number of benzene rings is 1. The Bertz CT molecular complexity index is 640. The largest absolute Gasteiger partial charge is 0.436 e. The summed E-state index contributed by atoms with van der Waals surface area (Å²) in [5, 5.41) is 8.83. The zero-order valence-electron chi connectivity index (χ0n) is 9.02. The van der Waals surface area contributed by atoms with E-state index in [2.05, 4.69) is 20.9 Å². The van der Waals surface area contributed by atoms with Crippen LogP contribution in [0.3, 0.4) is 0 Å². The minimum Gasteiger partial charge on any atom is -0.436 e. The van der Waals surface area contributed by atoms with E-state index < -0.39 is 5.82 Å². The molecule has 1 heterocycles. The van der Waals surface area contributed by atoms with Crippen molar-refractivity contribution in [2.24, 2.45) is 0 Å². The van der Waals surface area contributed by atoms with Gasteiger partial charge in [0.1, 0.15) is 23.3 Å². The highest BCUT2D eigenvalue weighted by Crippen LogP contribution is 2.32. The molecule has 2 N–H and O–H groups in total. The van der Waals surface area contributed by atoms with Crippen molar-refractivity contribution in [2.75, 3.05) is 5.73 Å². The van der Waals surface area contributed by atoms with Crippen LogP contribution in [0.1, 0.15) is 5.56 Å². The molecule has 2 rings (SSSR count). The zero-order valence-corrected chi connectivity index (χ0v) is 10.6. The van der Waals surface area contributed by atoms with Gasteiger partial charge in [0.15, 0.2) is 0 Å². The number of ether oxygens (including phenoxy) is 1. The highest BCUT2D eigenvalue weighted by molar-refractivity contribution is 9.10. The first-order valence-corrected chi connectivity index (χ1v) is 5.68. The minimum absolute atomic E-state index is 0.0698. The molecule has 0 unspecified atom stereocenters. The molecule has 0 bridgehead atoms. The number of hydrogen-bond acceptors (Lipinski definition) is 4. The molecule has 0 aliphatic heterocycles. The van der Waals surface area contributed by atoms with E-state index in [1.165, 1.54) is 30.5 Å². The summed E-state index contributed by atoms with van der Waals surface area (Å²) >= 11 is 3.22. The standard InChI is InChI=1S/C12H7BrFN3O/c13-9-2-1-8(14)5-10(9)18-12-11(16)7(6-15)3-4-17-12/h1-5H,16H2. The van der Waals surface area contributed by atoms with Crippen molar-refractivity contribution in [1.29, 1.82) is 5.26 Å². The summed E-state index contributed by atoms with van der Waals surface area (Å²) in [6.45, 7) is 0. The minimum atomic E-state index is -0.441. The number of anilines is 1. The van der Waals surface area contributed by atoms with E-state index in [0.717, 1.165) is 0 Å². The topological polar surface area (TPSA) is 71.9 Å². The lowest BCUT2D eigenvalue weighted by Gasteiger charge is -2.09. The molecule has 4 nitrogen and oxygen atoms in total. The maximum atomic E-state index is 13.1. The molecule has 0 aliphatic carbocycles. The first-order chi connectivity index (χ1) is 8.61. The highest BCUT2D eigenvalue weighted by atomic mass is 79.9. The van der Waals surface area contributed by atoms with Gasteiger partial charge in [-0.1, -0.05) is 0 Å². The average molecular weight is 308 g/mol. The number of rotatable bonds is 2. The van der Waals surface area contributed by atoms with Gasteiger partial charge < -0.3 is 10.5 Å². The molecule has 0 radical (unpaired) electrons. The lowest BCUT2D eigenvalue weighted by atomic mass is 10.2. The summed E-state index contributed by atoms with van der Waals surface area (Å²) in [6.07, 6.45) is 1.40. The van der Waals surface area contributed by atoms with Gasteiger partial charge in [-0.2, -0.15) is 5.26 Å². The Morgan fingerprint density at radius 1 is 1.39 bits per heavy atom. The Kier molecular flexibility index (Phi) is 3.44. The maximum Gasteiger partial charge on any atom is 0.244 e. The number of nitrogens with zero attached hydrogens (tertiary/aromatic N) is 2. The van der Waals surface area contributed by atoms with Crippen LogP contribution in [-0.4, -0.2) is 4.98 Å².